The number of carbonyl (C=O) groups is 1. The Bertz CT molecular complexity index is 418. The number of ketones is 1. The van der Waals surface area contributed by atoms with Crippen LogP contribution in [0.3, 0.4) is 0 Å². The molecule has 0 unspecified atom stereocenters. The van der Waals surface area contributed by atoms with Crippen molar-refractivity contribution in [2.24, 2.45) is 0 Å². The van der Waals surface area contributed by atoms with Gasteiger partial charge in [0.15, 0.2) is 5.78 Å². The van der Waals surface area contributed by atoms with E-state index in [2.05, 4.69) is 0 Å². The molecule has 0 fully saturated rings. The van der Waals surface area contributed by atoms with Crippen molar-refractivity contribution in [3.05, 3.63) is 39.9 Å². The smallest absolute Gasteiger partial charge is 0.269 e. The van der Waals surface area contributed by atoms with Crippen LogP contribution in [-0.4, -0.2) is 42.9 Å². The Morgan fingerprint density at radius 1 is 1.24 bits per heavy atom. The molecule has 0 N–H and O–H groups in total. The Morgan fingerprint density at radius 2 is 1.76 bits per heavy atom. The van der Waals surface area contributed by atoms with E-state index in [1.165, 1.54) is 24.3 Å². The third-order valence-corrected chi connectivity index (χ3v) is 2.41. The van der Waals surface area contributed by atoms with E-state index in [1.807, 2.05) is 21.1 Å². The first-order chi connectivity index (χ1) is 7.79. The number of non-ortho nitro benzene ring substituents is 1. The molecule has 0 saturated carbocycles. The van der Waals surface area contributed by atoms with E-state index in [-0.39, 0.29) is 11.5 Å². The van der Waals surface area contributed by atoms with E-state index in [0.29, 0.717) is 12.0 Å². The molecule has 5 heteroatoms. The molecule has 92 valence electrons. The van der Waals surface area contributed by atoms with Crippen LogP contribution in [0, 0.1) is 10.1 Å². The van der Waals surface area contributed by atoms with Crippen molar-refractivity contribution in [2.75, 3.05) is 27.7 Å². The van der Waals surface area contributed by atoms with Crippen molar-refractivity contribution < 1.29 is 14.2 Å². The van der Waals surface area contributed by atoms with Crippen molar-refractivity contribution in [3.63, 3.8) is 0 Å². The zero-order valence-electron chi connectivity index (χ0n) is 10.3. The zero-order valence-corrected chi connectivity index (χ0v) is 10.3. The largest absolute Gasteiger partial charge is 0.331 e. The minimum atomic E-state index is -0.472. The van der Waals surface area contributed by atoms with Crippen LogP contribution in [0.25, 0.3) is 0 Å². The molecule has 5 nitrogen and oxygen atoms in total. The number of nitro groups is 1. The molecule has 0 saturated heterocycles. The van der Waals surface area contributed by atoms with Gasteiger partial charge in [0.2, 0.25) is 0 Å². The number of Topliss-reactive ketones (excluding diaryl/α,β-unsaturated/α-hetero) is 1. The summed E-state index contributed by atoms with van der Waals surface area (Å²) in [5.74, 6) is 0.0212. The third kappa shape index (κ3) is 4.32. The molecular weight excluding hydrogens is 220 g/mol. The van der Waals surface area contributed by atoms with Crippen LogP contribution in [0.4, 0.5) is 5.69 Å². The summed E-state index contributed by atoms with van der Waals surface area (Å²) >= 11 is 0. The lowest BCUT2D eigenvalue weighted by Crippen LogP contribution is -2.36. The van der Waals surface area contributed by atoms with E-state index in [1.54, 1.807) is 0 Å². The number of rotatable bonds is 5. The molecule has 0 radical (unpaired) electrons. The van der Waals surface area contributed by atoms with Gasteiger partial charge in [0.05, 0.1) is 39.0 Å². The maximum atomic E-state index is 11.8. The molecule has 0 amide bonds. The summed E-state index contributed by atoms with van der Waals surface area (Å²) in [5, 5.41) is 10.5. The Hall–Kier alpha value is -1.75. The standard InChI is InChI=1S/C12H17N2O3/c1-14(2,3)9-8-12(15)10-4-6-11(7-5-10)13(16)17/h4-7H,8-9H2,1-3H3/q+1. The van der Waals surface area contributed by atoms with Gasteiger partial charge in [0, 0.05) is 17.7 Å². The van der Waals surface area contributed by atoms with Crippen molar-refractivity contribution in [1.29, 1.82) is 0 Å². The summed E-state index contributed by atoms with van der Waals surface area (Å²) in [7, 11) is 6.05. The number of nitro benzene ring substituents is 1. The first-order valence-corrected chi connectivity index (χ1v) is 5.38. The highest BCUT2D eigenvalue weighted by atomic mass is 16.6. The predicted octanol–water partition coefficient (Wildman–Crippen LogP) is 1.87. The summed E-state index contributed by atoms with van der Waals surface area (Å²) < 4.78 is 0.721. The van der Waals surface area contributed by atoms with Gasteiger partial charge in [-0.2, -0.15) is 0 Å². The number of hydrogen-bond acceptors (Lipinski definition) is 3. The van der Waals surface area contributed by atoms with E-state index in [4.69, 9.17) is 0 Å². The fourth-order valence-electron chi connectivity index (χ4n) is 1.35. The SMILES string of the molecule is C[N+](C)(C)CCC(=O)c1ccc([N+](=O)[O-])cc1. The minimum Gasteiger partial charge on any atom is -0.331 e. The van der Waals surface area contributed by atoms with E-state index >= 15 is 0 Å². The molecule has 1 aromatic carbocycles. The van der Waals surface area contributed by atoms with Gasteiger partial charge in [-0.3, -0.25) is 14.9 Å². The first kappa shape index (κ1) is 13.3. The summed E-state index contributed by atoms with van der Waals surface area (Å²) in [6.45, 7) is 0.746. The molecule has 0 atom stereocenters. The zero-order chi connectivity index (χ0) is 13.1. The molecule has 17 heavy (non-hydrogen) atoms. The third-order valence-electron chi connectivity index (χ3n) is 2.41. The van der Waals surface area contributed by atoms with Crippen molar-refractivity contribution in [1.82, 2.24) is 0 Å². The van der Waals surface area contributed by atoms with Crippen molar-refractivity contribution in [3.8, 4) is 0 Å². The van der Waals surface area contributed by atoms with Crippen LogP contribution in [0.2, 0.25) is 0 Å². The van der Waals surface area contributed by atoms with Gasteiger partial charge in [-0.1, -0.05) is 0 Å². The van der Waals surface area contributed by atoms with E-state index in [9.17, 15) is 14.9 Å². The first-order valence-electron chi connectivity index (χ1n) is 5.38. The maximum Gasteiger partial charge on any atom is 0.269 e. The highest BCUT2D eigenvalue weighted by Gasteiger charge is 2.13. The van der Waals surface area contributed by atoms with Crippen LogP contribution in [0.5, 0.6) is 0 Å². The van der Waals surface area contributed by atoms with Gasteiger partial charge in [0.1, 0.15) is 0 Å². The van der Waals surface area contributed by atoms with E-state index < -0.39 is 4.92 Å². The van der Waals surface area contributed by atoms with Crippen molar-refractivity contribution in [2.45, 2.75) is 6.42 Å². The van der Waals surface area contributed by atoms with Gasteiger partial charge in [-0.25, -0.2) is 0 Å². The summed E-state index contributed by atoms with van der Waals surface area (Å²) in [6, 6.07) is 5.74. The lowest BCUT2D eigenvalue weighted by molar-refractivity contribution is -0.869. The Morgan fingerprint density at radius 3 is 2.18 bits per heavy atom. The fourth-order valence-corrected chi connectivity index (χ4v) is 1.35. The monoisotopic (exact) mass is 237 g/mol. The lowest BCUT2D eigenvalue weighted by atomic mass is 10.1. The molecule has 1 aromatic rings. The van der Waals surface area contributed by atoms with Gasteiger partial charge < -0.3 is 4.48 Å². The average Bonchev–Trinajstić information content (AvgIpc) is 2.25. The Balaban J connectivity index is 2.67. The molecule has 0 aromatic heterocycles. The molecule has 1 rings (SSSR count). The highest BCUT2D eigenvalue weighted by Crippen LogP contribution is 2.13. The molecule has 0 aliphatic rings. The quantitative estimate of drug-likeness (QED) is 0.340. The van der Waals surface area contributed by atoms with Crippen LogP contribution in [-0.2, 0) is 0 Å². The fraction of sp³-hybridized carbons (Fsp3) is 0.417. The predicted molar refractivity (Wildman–Crippen MR) is 64.9 cm³/mol. The summed E-state index contributed by atoms with van der Waals surface area (Å²) in [4.78, 5) is 21.8. The normalized spacial score (nSPS) is 11.2. The van der Waals surface area contributed by atoms with Gasteiger partial charge in [0.25, 0.3) is 5.69 Å². The van der Waals surface area contributed by atoms with Crippen LogP contribution in [0.1, 0.15) is 16.8 Å². The average molecular weight is 237 g/mol. The highest BCUT2D eigenvalue weighted by molar-refractivity contribution is 5.96. The molecule has 0 spiro atoms. The number of nitrogens with zero attached hydrogens (tertiary/aromatic N) is 2. The number of hydrogen-bond donors (Lipinski definition) is 0. The van der Waals surface area contributed by atoms with Crippen LogP contribution < -0.4 is 0 Å². The molecule has 0 bridgehead atoms. The van der Waals surface area contributed by atoms with Crippen molar-refractivity contribution >= 4 is 11.5 Å². The Labute approximate surface area is 100 Å². The second-order valence-electron chi connectivity index (χ2n) is 4.99. The van der Waals surface area contributed by atoms with Gasteiger partial charge >= 0.3 is 0 Å². The second-order valence-corrected chi connectivity index (χ2v) is 4.99. The number of benzene rings is 1. The molecular formula is C12H17N2O3+. The summed E-state index contributed by atoms with van der Waals surface area (Å²) in [6.07, 6.45) is 0.446. The molecule has 0 aliphatic heterocycles. The van der Waals surface area contributed by atoms with Gasteiger partial charge in [-0.15, -0.1) is 0 Å². The van der Waals surface area contributed by atoms with Crippen LogP contribution >= 0.6 is 0 Å². The second kappa shape index (κ2) is 5.05. The number of quaternary nitrogens is 1. The molecule has 0 heterocycles. The number of carbonyl (C=O) groups excluding carboxylic acids is 1. The lowest BCUT2D eigenvalue weighted by Gasteiger charge is -2.23. The van der Waals surface area contributed by atoms with Gasteiger partial charge in [-0.05, 0) is 12.1 Å². The van der Waals surface area contributed by atoms with E-state index in [0.717, 1.165) is 11.0 Å². The minimum absolute atomic E-state index is 0.00755. The molecule has 0 aliphatic carbocycles. The summed E-state index contributed by atoms with van der Waals surface area (Å²) in [5.41, 5.74) is 0.539. The Kier molecular flexibility index (Phi) is 3.96. The van der Waals surface area contributed by atoms with Crippen LogP contribution in [0.15, 0.2) is 24.3 Å². The topological polar surface area (TPSA) is 60.2 Å². The maximum absolute atomic E-state index is 11.8.